The maximum absolute atomic E-state index is 13.3. The van der Waals surface area contributed by atoms with Crippen molar-refractivity contribution in [2.45, 2.75) is 0 Å². The summed E-state index contributed by atoms with van der Waals surface area (Å²) < 4.78 is 43.8. The third-order valence-electron chi connectivity index (χ3n) is 2.09. The maximum atomic E-state index is 13.3. The van der Waals surface area contributed by atoms with Crippen LogP contribution in [0.4, 0.5) is 18.9 Å². The fourth-order valence-corrected chi connectivity index (χ4v) is 1.29. The Hall–Kier alpha value is -2.17. The van der Waals surface area contributed by atoms with E-state index in [9.17, 15) is 13.2 Å². The number of benzene rings is 2. The van der Waals surface area contributed by atoms with Crippen LogP contribution >= 0.6 is 0 Å². The van der Waals surface area contributed by atoms with E-state index in [0.29, 0.717) is 6.07 Å². The molecule has 0 radical (unpaired) electrons. The van der Waals surface area contributed by atoms with E-state index in [2.05, 4.69) is 0 Å². The average Bonchev–Trinajstić information content (AvgIpc) is 2.25. The Balaban J connectivity index is 2.31. The Kier molecular flexibility index (Phi) is 2.91. The third-order valence-corrected chi connectivity index (χ3v) is 2.09. The van der Waals surface area contributed by atoms with Crippen molar-refractivity contribution in [1.82, 2.24) is 0 Å². The lowest BCUT2D eigenvalue weighted by Gasteiger charge is -2.09. The third kappa shape index (κ3) is 2.50. The van der Waals surface area contributed by atoms with Crippen molar-refractivity contribution in [3.05, 3.63) is 53.8 Å². The number of ether oxygens (including phenoxy) is 1. The topological polar surface area (TPSA) is 35.2 Å². The highest BCUT2D eigenvalue weighted by molar-refractivity contribution is 5.54. The van der Waals surface area contributed by atoms with Gasteiger partial charge in [-0.2, -0.15) is 0 Å². The van der Waals surface area contributed by atoms with Crippen molar-refractivity contribution in [2.24, 2.45) is 0 Å². The van der Waals surface area contributed by atoms with Gasteiger partial charge in [0.2, 0.25) is 0 Å². The SMILES string of the molecule is Nc1cc(F)ccc1Oc1ccc(F)cc1F. The van der Waals surface area contributed by atoms with Crippen LogP contribution < -0.4 is 10.5 Å². The minimum absolute atomic E-state index is 0.0359. The fourth-order valence-electron chi connectivity index (χ4n) is 1.29. The van der Waals surface area contributed by atoms with Gasteiger partial charge in [-0.1, -0.05) is 0 Å². The van der Waals surface area contributed by atoms with Gasteiger partial charge in [0.25, 0.3) is 0 Å². The molecule has 2 N–H and O–H groups in total. The van der Waals surface area contributed by atoms with E-state index >= 15 is 0 Å². The van der Waals surface area contributed by atoms with Crippen LogP contribution in [0.1, 0.15) is 0 Å². The Bertz CT molecular complexity index is 508. The second-order valence-corrected chi connectivity index (χ2v) is 3.36. The molecule has 2 nitrogen and oxygen atoms in total. The van der Waals surface area contributed by atoms with Crippen LogP contribution in [0, 0.1) is 17.5 Å². The number of rotatable bonds is 2. The molecule has 0 unspecified atom stereocenters. The molecule has 5 heteroatoms. The van der Waals surface area contributed by atoms with Gasteiger partial charge in [-0.15, -0.1) is 0 Å². The molecule has 0 aromatic heterocycles. The van der Waals surface area contributed by atoms with E-state index in [4.69, 9.17) is 10.5 Å². The molecule has 0 saturated heterocycles. The lowest BCUT2D eigenvalue weighted by atomic mass is 10.3. The van der Waals surface area contributed by atoms with Crippen molar-refractivity contribution >= 4 is 5.69 Å². The summed E-state index contributed by atoms with van der Waals surface area (Å²) in [6.07, 6.45) is 0. The van der Waals surface area contributed by atoms with E-state index in [1.807, 2.05) is 0 Å². The Labute approximate surface area is 95.4 Å². The summed E-state index contributed by atoms with van der Waals surface area (Å²) >= 11 is 0. The molecule has 0 aliphatic carbocycles. The summed E-state index contributed by atoms with van der Waals surface area (Å²) in [5.74, 6) is -2.15. The maximum Gasteiger partial charge on any atom is 0.168 e. The van der Waals surface area contributed by atoms with Gasteiger partial charge in [0.15, 0.2) is 17.3 Å². The molecule has 2 aromatic carbocycles. The molecule has 0 amide bonds. The molecular formula is C12H8F3NO. The summed E-state index contributed by atoms with van der Waals surface area (Å²) in [4.78, 5) is 0. The van der Waals surface area contributed by atoms with Gasteiger partial charge in [-0.05, 0) is 24.3 Å². The van der Waals surface area contributed by atoms with Gasteiger partial charge < -0.3 is 10.5 Å². The van der Waals surface area contributed by atoms with Gasteiger partial charge in [0.1, 0.15) is 11.6 Å². The molecule has 0 atom stereocenters. The molecule has 0 aliphatic heterocycles. The minimum Gasteiger partial charge on any atom is -0.452 e. The van der Waals surface area contributed by atoms with Crippen molar-refractivity contribution in [2.75, 3.05) is 5.73 Å². The van der Waals surface area contributed by atoms with Crippen LogP contribution in [-0.2, 0) is 0 Å². The second kappa shape index (κ2) is 4.37. The standard InChI is InChI=1S/C12H8F3NO/c13-7-1-3-11(9(15)5-7)17-12-4-2-8(14)6-10(12)16/h1-6H,16H2. The zero-order valence-electron chi connectivity index (χ0n) is 8.58. The lowest BCUT2D eigenvalue weighted by Crippen LogP contribution is -1.95. The van der Waals surface area contributed by atoms with E-state index in [1.165, 1.54) is 6.07 Å². The highest BCUT2D eigenvalue weighted by atomic mass is 19.1. The van der Waals surface area contributed by atoms with Gasteiger partial charge in [0.05, 0.1) is 5.69 Å². The molecule has 0 bridgehead atoms. The zero-order chi connectivity index (χ0) is 12.4. The van der Waals surface area contributed by atoms with Crippen molar-refractivity contribution in [3.63, 3.8) is 0 Å². The van der Waals surface area contributed by atoms with E-state index in [-0.39, 0.29) is 17.2 Å². The molecule has 0 heterocycles. The number of nitrogen functional groups attached to an aromatic ring is 1. The molecule has 2 aromatic rings. The summed E-state index contributed by atoms with van der Waals surface area (Å²) in [5.41, 5.74) is 5.52. The van der Waals surface area contributed by atoms with Crippen LogP contribution in [0.15, 0.2) is 36.4 Å². The highest BCUT2D eigenvalue weighted by Crippen LogP contribution is 2.29. The first-order valence-electron chi connectivity index (χ1n) is 4.74. The zero-order valence-corrected chi connectivity index (χ0v) is 8.58. The quantitative estimate of drug-likeness (QED) is 0.814. The Morgan fingerprint density at radius 1 is 0.824 bits per heavy atom. The molecule has 0 fully saturated rings. The van der Waals surface area contributed by atoms with Crippen LogP contribution in [-0.4, -0.2) is 0 Å². The van der Waals surface area contributed by atoms with Crippen molar-refractivity contribution < 1.29 is 17.9 Å². The number of hydrogen-bond donors (Lipinski definition) is 1. The van der Waals surface area contributed by atoms with Gasteiger partial charge >= 0.3 is 0 Å². The van der Waals surface area contributed by atoms with Crippen molar-refractivity contribution in [3.8, 4) is 11.5 Å². The first kappa shape index (κ1) is 11.3. The molecular weight excluding hydrogens is 231 g/mol. The predicted octanol–water partition coefficient (Wildman–Crippen LogP) is 3.48. The molecule has 0 aliphatic rings. The average molecular weight is 239 g/mol. The molecule has 17 heavy (non-hydrogen) atoms. The summed E-state index contributed by atoms with van der Waals surface area (Å²) in [5, 5.41) is 0. The van der Waals surface area contributed by atoms with Gasteiger partial charge in [-0.3, -0.25) is 0 Å². The summed E-state index contributed by atoms with van der Waals surface area (Å²) in [6.45, 7) is 0. The van der Waals surface area contributed by atoms with E-state index < -0.39 is 17.5 Å². The molecule has 88 valence electrons. The van der Waals surface area contributed by atoms with Gasteiger partial charge in [-0.25, -0.2) is 13.2 Å². The highest BCUT2D eigenvalue weighted by Gasteiger charge is 2.08. The number of anilines is 1. The normalized spacial score (nSPS) is 10.3. The predicted molar refractivity (Wildman–Crippen MR) is 57.2 cm³/mol. The number of halogens is 3. The van der Waals surface area contributed by atoms with E-state index in [1.54, 1.807) is 0 Å². The summed E-state index contributed by atoms with van der Waals surface area (Å²) in [6, 6.07) is 6.33. The first-order chi connectivity index (χ1) is 8.06. The van der Waals surface area contributed by atoms with Crippen LogP contribution in [0.3, 0.4) is 0 Å². The van der Waals surface area contributed by atoms with Crippen molar-refractivity contribution in [1.29, 1.82) is 0 Å². The molecule has 0 spiro atoms. The molecule has 0 saturated carbocycles. The van der Waals surface area contributed by atoms with Crippen LogP contribution in [0.5, 0.6) is 11.5 Å². The van der Waals surface area contributed by atoms with Crippen LogP contribution in [0.25, 0.3) is 0 Å². The first-order valence-corrected chi connectivity index (χ1v) is 4.74. The number of nitrogens with two attached hydrogens (primary N) is 1. The molecule has 2 rings (SSSR count). The Morgan fingerprint density at radius 2 is 1.41 bits per heavy atom. The fraction of sp³-hybridized carbons (Fsp3) is 0. The summed E-state index contributed by atoms with van der Waals surface area (Å²) in [7, 11) is 0. The minimum atomic E-state index is -0.853. The lowest BCUT2D eigenvalue weighted by molar-refractivity contribution is 0.438. The van der Waals surface area contributed by atoms with Crippen LogP contribution in [0.2, 0.25) is 0 Å². The Morgan fingerprint density at radius 3 is 2.00 bits per heavy atom. The second-order valence-electron chi connectivity index (χ2n) is 3.36. The number of hydrogen-bond acceptors (Lipinski definition) is 2. The monoisotopic (exact) mass is 239 g/mol. The van der Waals surface area contributed by atoms with E-state index in [0.717, 1.165) is 24.3 Å². The largest absolute Gasteiger partial charge is 0.452 e. The smallest absolute Gasteiger partial charge is 0.168 e. The van der Waals surface area contributed by atoms with Gasteiger partial charge in [0, 0.05) is 12.1 Å².